The minimum absolute atomic E-state index is 0. The number of hydrogen-bond acceptors (Lipinski definition) is 6. The van der Waals surface area contributed by atoms with E-state index < -0.39 is 0 Å². The molecule has 0 fully saturated rings. The van der Waals surface area contributed by atoms with E-state index in [1.807, 2.05) is 47.6 Å². The number of allylic oxidation sites excluding steroid dienone is 1. The standard InChI is InChI=1S/C11H14N2O.C6H10N2O.C5H8O2.Na/c1-7(2)13-9(4)8(3)5-10(6-12)11(13)14;1-5(2)8-6(9)3-4-7;1-4(3-6)5(2)7;/h5,7H,1-4H3;5H,3H2,1-2H3,(H,8,9);3,6H,1-2H3;/q;;;+1/p-1/b;;4-3-;. The number of hydrogen-bond donors (Lipinski definition) is 1. The number of nitrogens with one attached hydrogen (secondary N) is 1. The van der Waals surface area contributed by atoms with Gasteiger partial charge in [0.05, 0.1) is 6.07 Å². The van der Waals surface area contributed by atoms with Crippen LogP contribution in [0.25, 0.3) is 0 Å². The Hall–Kier alpha value is -2.39. The molecule has 0 bridgehead atoms. The molecule has 0 spiro atoms. The number of rotatable bonds is 4. The molecule has 8 nitrogen and oxygen atoms in total. The summed E-state index contributed by atoms with van der Waals surface area (Å²) in [5.41, 5.74) is 2.23. The molecule has 0 saturated heterocycles. The number of Topliss-reactive ketones (excluding diaryl/α,β-unsaturated/α-hetero) is 1. The summed E-state index contributed by atoms with van der Waals surface area (Å²) in [6, 6.07) is 5.56. The molecule has 31 heavy (non-hydrogen) atoms. The number of carbonyl (C=O) groups excluding carboxylic acids is 2. The molecule has 0 aliphatic rings. The van der Waals surface area contributed by atoms with Gasteiger partial charge < -0.3 is 15.0 Å². The molecule has 1 aromatic heterocycles. The molecule has 0 aliphatic carbocycles. The molecule has 1 N–H and O–H groups in total. The van der Waals surface area contributed by atoms with Crippen LogP contribution in [-0.2, 0) is 9.59 Å². The normalized spacial score (nSPS) is 9.74. The number of carbonyl (C=O) groups is 2. The number of nitrogens with zero attached hydrogens (tertiary/aromatic N) is 3. The first-order valence-corrected chi connectivity index (χ1v) is 9.42. The van der Waals surface area contributed by atoms with Crippen LogP contribution in [0, 0.1) is 36.5 Å². The van der Waals surface area contributed by atoms with Gasteiger partial charge in [0.1, 0.15) is 18.1 Å². The monoisotopic (exact) mass is 438 g/mol. The second kappa shape index (κ2) is 17.3. The van der Waals surface area contributed by atoms with E-state index in [-0.39, 0.29) is 76.4 Å². The van der Waals surface area contributed by atoms with Crippen molar-refractivity contribution in [3.63, 3.8) is 0 Å². The number of aryl methyl sites for hydroxylation is 1. The zero-order valence-corrected chi connectivity index (χ0v) is 22.0. The molecule has 0 radical (unpaired) electrons. The predicted molar refractivity (Wildman–Crippen MR) is 113 cm³/mol. The Bertz CT molecular complexity index is 904. The van der Waals surface area contributed by atoms with Crippen molar-refractivity contribution in [3.8, 4) is 12.1 Å². The van der Waals surface area contributed by atoms with Crippen molar-refractivity contribution in [3.05, 3.63) is 45.1 Å². The third-order valence-corrected chi connectivity index (χ3v) is 3.80. The number of nitriles is 2. The summed E-state index contributed by atoms with van der Waals surface area (Å²) in [5.74, 6) is -0.359. The maximum absolute atomic E-state index is 11.8. The van der Waals surface area contributed by atoms with Crippen LogP contribution in [0.15, 0.2) is 22.7 Å². The van der Waals surface area contributed by atoms with Crippen molar-refractivity contribution in [2.45, 2.75) is 73.9 Å². The smallest absolute Gasteiger partial charge is 0.878 e. The Balaban J connectivity index is -0.000000402. The molecule has 1 aromatic rings. The fraction of sp³-hybridized carbons (Fsp3) is 0.500. The number of ketones is 1. The van der Waals surface area contributed by atoms with Gasteiger partial charge in [-0.05, 0) is 72.6 Å². The third kappa shape index (κ3) is 13.5. The summed E-state index contributed by atoms with van der Waals surface area (Å²) >= 11 is 0. The molecule has 1 rings (SSSR count). The van der Waals surface area contributed by atoms with E-state index in [0.29, 0.717) is 6.26 Å². The van der Waals surface area contributed by atoms with Gasteiger partial charge in [-0.2, -0.15) is 10.5 Å². The van der Waals surface area contributed by atoms with Gasteiger partial charge in [0, 0.05) is 17.8 Å². The van der Waals surface area contributed by atoms with Crippen molar-refractivity contribution in [2.75, 3.05) is 0 Å². The average molecular weight is 439 g/mol. The zero-order valence-electron chi connectivity index (χ0n) is 20.0. The Morgan fingerprint density at radius 2 is 1.71 bits per heavy atom. The van der Waals surface area contributed by atoms with Crippen LogP contribution in [0.1, 0.15) is 70.8 Å². The van der Waals surface area contributed by atoms with E-state index in [9.17, 15) is 19.5 Å². The minimum atomic E-state index is -0.201. The van der Waals surface area contributed by atoms with Crippen LogP contribution < -0.4 is 45.5 Å². The van der Waals surface area contributed by atoms with Gasteiger partial charge in [0.25, 0.3) is 5.56 Å². The molecule has 0 aliphatic heterocycles. The first-order chi connectivity index (χ1) is 13.8. The molecular weight excluding hydrogens is 407 g/mol. The van der Waals surface area contributed by atoms with Crippen LogP contribution >= 0.6 is 0 Å². The van der Waals surface area contributed by atoms with Gasteiger partial charge in [0.15, 0.2) is 5.78 Å². The fourth-order valence-electron chi connectivity index (χ4n) is 2.08. The molecule has 0 unspecified atom stereocenters. The van der Waals surface area contributed by atoms with E-state index in [0.717, 1.165) is 11.3 Å². The Labute approximate surface area is 206 Å². The molecule has 9 heteroatoms. The van der Waals surface area contributed by atoms with Crippen LogP contribution in [0.2, 0.25) is 0 Å². The number of aromatic nitrogens is 1. The van der Waals surface area contributed by atoms with Crippen LogP contribution in [-0.4, -0.2) is 22.3 Å². The summed E-state index contributed by atoms with van der Waals surface area (Å²) in [6.45, 7) is 14.3. The summed E-state index contributed by atoms with van der Waals surface area (Å²) in [5, 5.41) is 29.1. The van der Waals surface area contributed by atoms with Crippen LogP contribution in [0.3, 0.4) is 0 Å². The Kier molecular flexibility index (Phi) is 18.6. The molecule has 0 saturated carbocycles. The second-order valence-electron chi connectivity index (χ2n) is 7.12. The van der Waals surface area contributed by atoms with Gasteiger partial charge in [-0.3, -0.25) is 14.4 Å². The van der Waals surface area contributed by atoms with E-state index in [1.165, 1.54) is 13.8 Å². The van der Waals surface area contributed by atoms with Gasteiger partial charge >= 0.3 is 29.6 Å². The van der Waals surface area contributed by atoms with Crippen molar-refractivity contribution in [2.24, 2.45) is 0 Å². The summed E-state index contributed by atoms with van der Waals surface area (Å²) in [7, 11) is 0. The maximum atomic E-state index is 11.8. The minimum Gasteiger partial charge on any atom is -0.878 e. The maximum Gasteiger partial charge on any atom is 1.00 e. The fourth-order valence-corrected chi connectivity index (χ4v) is 2.08. The van der Waals surface area contributed by atoms with E-state index in [4.69, 9.17) is 10.5 Å². The van der Waals surface area contributed by atoms with Crippen molar-refractivity contribution in [1.82, 2.24) is 9.88 Å². The van der Waals surface area contributed by atoms with Crippen molar-refractivity contribution in [1.29, 1.82) is 10.5 Å². The third-order valence-electron chi connectivity index (χ3n) is 3.80. The number of amides is 1. The van der Waals surface area contributed by atoms with Crippen LogP contribution in [0.5, 0.6) is 0 Å². The first kappa shape index (κ1) is 33.3. The molecule has 1 amide bonds. The quantitative estimate of drug-likeness (QED) is 0.370. The van der Waals surface area contributed by atoms with Gasteiger partial charge in [-0.1, -0.05) is 0 Å². The Morgan fingerprint density at radius 1 is 1.19 bits per heavy atom. The first-order valence-electron chi connectivity index (χ1n) is 9.42. The Morgan fingerprint density at radius 3 is 2.00 bits per heavy atom. The van der Waals surface area contributed by atoms with Crippen LogP contribution in [0.4, 0.5) is 0 Å². The van der Waals surface area contributed by atoms with E-state index in [2.05, 4.69) is 5.32 Å². The summed E-state index contributed by atoms with van der Waals surface area (Å²) in [6.07, 6.45) is 0.514. The SMILES string of the molecule is CC(=O)/C(C)=C\[O-].CC(C)NC(=O)CC#N.Cc1cc(C#N)c(=O)n(C(C)C)c1C.[Na+]. The van der Waals surface area contributed by atoms with Gasteiger partial charge in [0.2, 0.25) is 5.91 Å². The van der Waals surface area contributed by atoms with E-state index in [1.54, 1.807) is 16.7 Å². The molecule has 1 heterocycles. The molecular formula is C22H31N4NaO4. The largest absolute Gasteiger partial charge is 1.00 e. The molecule has 0 aromatic carbocycles. The number of pyridine rings is 1. The van der Waals surface area contributed by atoms with Crippen molar-refractivity contribution >= 4 is 11.7 Å². The zero-order chi connectivity index (χ0) is 24.0. The second-order valence-corrected chi connectivity index (χ2v) is 7.12. The molecule has 0 atom stereocenters. The van der Waals surface area contributed by atoms with E-state index >= 15 is 0 Å². The summed E-state index contributed by atoms with van der Waals surface area (Å²) in [4.78, 5) is 32.4. The van der Waals surface area contributed by atoms with Gasteiger partial charge in [-0.15, -0.1) is 6.26 Å². The average Bonchev–Trinajstić information content (AvgIpc) is 2.64. The predicted octanol–water partition coefficient (Wildman–Crippen LogP) is -0.814. The summed E-state index contributed by atoms with van der Waals surface area (Å²) < 4.78 is 1.66. The van der Waals surface area contributed by atoms with Crippen molar-refractivity contribution < 1.29 is 44.3 Å². The van der Waals surface area contributed by atoms with Gasteiger partial charge in [-0.25, -0.2) is 0 Å². The molecule has 164 valence electrons. The topological polar surface area (TPSA) is 139 Å².